The Morgan fingerprint density at radius 1 is 1.47 bits per heavy atom. The molecule has 0 radical (unpaired) electrons. The van der Waals surface area contributed by atoms with Crippen molar-refractivity contribution in [2.75, 3.05) is 6.61 Å². The standard InChI is InChI=1S/C8H17N3O4/c1-4(3-12)7(14)11-8(15)5(9)2-6(10)13/h4-5,7,12,14H,2-3,9H2,1H3,(H2,10,13)(H,11,15)/t4?,5-,7?/m0/s1. The predicted molar refractivity (Wildman–Crippen MR) is 52.2 cm³/mol. The van der Waals surface area contributed by atoms with Crippen molar-refractivity contribution in [3.05, 3.63) is 0 Å². The molecule has 0 aromatic carbocycles. The predicted octanol–water partition coefficient (Wildman–Crippen LogP) is -2.75. The zero-order valence-corrected chi connectivity index (χ0v) is 8.51. The van der Waals surface area contributed by atoms with Gasteiger partial charge < -0.3 is 27.0 Å². The normalized spacial score (nSPS) is 16.5. The van der Waals surface area contributed by atoms with Crippen LogP contribution in [0.15, 0.2) is 0 Å². The number of aliphatic hydroxyl groups is 2. The Kier molecular flexibility index (Phi) is 5.83. The van der Waals surface area contributed by atoms with Crippen molar-refractivity contribution in [2.24, 2.45) is 17.4 Å². The van der Waals surface area contributed by atoms with Crippen LogP contribution in [0.2, 0.25) is 0 Å². The molecule has 0 aliphatic rings. The molecule has 0 bridgehead atoms. The van der Waals surface area contributed by atoms with E-state index >= 15 is 0 Å². The number of primary amides is 1. The first-order valence-electron chi connectivity index (χ1n) is 4.51. The van der Waals surface area contributed by atoms with Crippen molar-refractivity contribution < 1.29 is 19.8 Å². The Balaban J connectivity index is 4.06. The average molecular weight is 219 g/mol. The maximum absolute atomic E-state index is 11.2. The zero-order valence-electron chi connectivity index (χ0n) is 8.51. The Hall–Kier alpha value is -1.18. The minimum Gasteiger partial charge on any atom is -0.396 e. The van der Waals surface area contributed by atoms with Crippen molar-refractivity contribution in [2.45, 2.75) is 25.6 Å². The van der Waals surface area contributed by atoms with E-state index in [1.165, 1.54) is 0 Å². The van der Waals surface area contributed by atoms with Crippen LogP contribution >= 0.6 is 0 Å². The number of carbonyl (C=O) groups excluding carboxylic acids is 2. The van der Waals surface area contributed by atoms with Gasteiger partial charge in [0.25, 0.3) is 0 Å². The third-order valence-corrected chi connectivity index (χ3v) is 1.87. The SMILES string of the molecule is CC(CO)C(O)NC(=O)[C@@H](N)CC(N)=O. The van der Waals surface area contributed by atoms with Gasteiger partial charge in [0.15, 0.2) is 0 Å². The molecule has 0 aliphatic carbocycles. The summed E-state index contributed by atoms with van der Waals surface area (Å²) in [6.45, 7) is 1.27. The number of hydrogen-bond acceptors (Lipinski definition) is 5. The van der Waals surface area contributed by atoms with Crippen LogP contribution in [0, 0.1) is 5.92 Å². The number of nitrogens with two attached hydrogens (primary N) is 2. The summed E-state index contributed by atoms with van der Waals surface area (Å²) >= 11 is 0. The molecule has 0 saturated heterocycles. The second-order valence-electron chi connectivity index (χ2n) is 3.39. The molecule has 2 amide bonds. The maximum atomic E-state index is 11.2. The van der Waals surface area contributed by atoms with Gasteiger partial charge in [0.2, 0.25) is 11.8 Å². The van der Waals surface area contributed by atoms with Crippen LogP contribution in [0.5, 0.6) is 0 Å². The van der Waals surface area contributed by atoms with Gasteiger partial charge >= 0.3 is 0 Å². The summed E-state index contributed by atoms with van der Waals surface area (Å²) in [6.07, 6.45) is -1.48. The Morgan fingerprint density at radius 2 is 2.00 bits per heavy atom. The molecule has 7 heteroatoms. The first-order chi connectivity index (χ1) is 6.88. The molecule has 0 rings (SSSR count). The van der Waals surface area contributed by atoms with E-state index in [-0.39, 0.29) is 13.0 Å². The highest BCUT2D eigenvalue weighted by Gasteiger charge is 2.21. The molecular formula is C8H17N3O4. The van der Waals surface area contributed by atoms with Crippen molar-refractivity contribution in [3.8, 4) is 0 Å². The van der Waals surface area contributed by atoms with Crippen LogP contribution in [0.25, 0.3) is 0 Å². The summed E-state index contributed by atoms with van der Waals surface area (Å²) in [5.41, 5.74) is 10.2. The van der Waals surface area contributed by atoms with Crippen LogP contribution in [0.1, 0.15) is 13.3 Å². The Labute approximate surface area is 87.4 Å². The first kappa shape index (κ1) is 13.8. The van der Waals surface area contributed by atoms with E-state index in [0.29, 0.717) is 0 Å². The molecule has 7 N–H and O–H groups in total. The van der Waals surface area contributed by atoms with Crippen LogP contribution in [0.4, 0.5) is 0 Å². The fourth-order valence-electron chi connectivity index (χ4n) is 0.804. The lowest BCUT2D eigenvalue weighted by molar-refractivity contribution is -0.129. The Morgan fingerprint density at radius 3 is 2.40 bits per heavy atom. The molecule has 0 saturated carbocycles. The minimum absolute atomic E-state index is 0.271. The number of rotatable bonds is 6. The zero-order chi connectivity index (χ0) is 12.0. The van der Waals surface area contributed by atoms with Crippen LogP contribution < -0.4 is 16.8 Å². The third-order valence-electron chi connectivity index (χ3n) is 1.87. The van der Waals surface area contributed by atoms with Crippen molar-refractivity contribution >= 4 is 11.8 Å². The molecule has 15 heavy (non-hydrogen) atoms. The van der Waals surface area contributed by atoms with E-state index in [2.05, 4.69) is 5.32 Å². The number of hydrogen-bond donors (Lipinski definition) is 5. The van der Waals surface area contributed by atoms with Gasteiger partial charge in [0.1, 0.15) is 6.23 Å². The lowest BCUT2D eigenvalue weighted by atomic mass is 10.1. The van der Waals surface area contributed by atoms with Gasteiger partial charge in [-0.1, -0.05) is 6.92 Å². The second-order valence-corrected chi connectivity index (χ2v) is 3.39. The number of amides is 2. The van der Waals surface area contributed by atoms with Gasteiger partial charge in [-0.25, -0.2) is 0 Å². The summed E-state index contributed by atoms with van der Waals surface area (Å²) in [6, 6.07) is -1.08. The third kappa shape index (κ3) is 5.31. The molecule has 0 fully saturated rings. The second kappa shape index (κ2) is 6.33. The van der Waals surface area contributed by atoms with E-state index in [1.54, 1.807) is 6.92 Å². The van der Waals surface area contributed by atoms with Crippen molar-refractivity contribution in [3.63, 3.8) is 0 Å². The topological polar surface area (TPSA) is 139 Å². The van der Waals surface area contributed by atoms with E-state index in [4.69, 9.17) is 16.6 Å². The summed E-state index contributed by atoms with van der Waals surface area (Å²) in [7, 11) is 0. The largest absolute Gasteiger partial charge is 0.396 e. The van der Waals surface area contributed by atoms with E-state index in [9.17, 15) is 14.7 Å². The fourth-order valence-corrected chi connectivity index (χ4v) is 0.804. The van der Waals surface area contributed by atoms with Crippen molar-refractivity contribution in [1.82, 2.24) is 5.32 Å². The first-order valence-corrected chi connectivity index (χ1v) is 4.51. The molecule has 7 nitrogen and oxygen atoms in total. The van der Waals surface area contributed by atoms with Crippen LogP contribution in [-0.2, 0) is 9.59 Å². The van der Waals surface area contributed by atoms with Gasteiger partial charge in [0, 0.05) is 12.5 Å². The Bertz CT molecular complexity index is 234. The van der Waals surface area contributed by atoms with Crippen molar-refractivity contribution in [1.29, 1.82) is 0 Å². The lowest BCUT2D eigenvalue weighted by Crippen LogP contribution is -2.49. The van der Waals surface area contributed by atoms with Gasteiger partial charge in [-0.2, -0.15) is 0 Å². The smallest absolute Gasteiger partial charge is 0.239 e. The summed E-state index contributed by atoms with van der Waals surface area (Å²) in [5, 5.41) is 20.2. The summed E-state index contributed by atoms with van der Waals surface area (Å²) in [4.78, 5) is 21.7. The van der Waals surface area contributed by atoms with Gasteiger partial charge in [0.05, 0.1) is 12.5 Å². The quantitative estimate of drug-likeness (QED) is 0.308. The highest BCUT2D eigenvalue weighted by molar-refractivity contribution is 5.87. The molecule has 0 spiro atoms. The van der Waals surface area contributed by atoms with Gasteiger partial charge in [-0.15, -0.1) is 0 Å². The molecule has 0 aromatic rings. The van der Waals surface area contributed by atoms with Gasteiger partial charge in [-0.3, -0.25) is 9.59 Å². The molecule has 0 heterocycles. The number of nitrogens with one attached hydrogen (secondary N) is 1. The average Bonchev–Trinajstić information content (AvgIpc) is 2.15. The molecule has 88 valence electrons. The summed E-state index contributed by atoms with van der Waals surface area (Å²) < 4.78 is 0. The maximum Gasteiger partial charge on any atom is 0.239 e. The van der Waals surface area contributed by atoms with E-state index in [0.717, 1.165) is 0 Å². The number of aliphatic hydroxyl groups excluding tert-OH is 2. The molecular weight excluding hydrogens is 202 g/mol. The molecule has 3 atom stereocenters. The molecule has 0 aliphatic heterocycles. The van der Waals surface area contributed by atoms with Crippen LogP contribution in [-0.4, -0.2) is 40.9 Å². The number of carbonyl (C=O) groups is 2. The molecule has 2 unspecified atom stereocenters. The monoisotopic (exact) mass is 219 g/mol. The highest BCUT2D eigenvalue weighted by atomic mass is 16.3. The van der Waals surface area contributed by atoms with Gasteiger partial charge in [-0.05, 0) is 0 Å². The van der Waals surface area contributed by atoms with E-state index < -0.39 is 30.0 Å². The van der Waals surface area contributed by atoms with Crippen LogP contribution in [0.3, 0.4) is 0 Å². The fraction of sp³-hybridized carbons (Fsp3) is 0.750. The molecule has 0 aromatic heterocycles. The summed E-state index contributed by atoms with van der Waals surface area (Å²) in [5.74, 6) is -1.88. The minimum atomic E-state index is -1.19. The lowest BCUT2D eigenvalue weighted by Gasteiger charge is -2.19. The highest BCUT2D eigenvalue weighted by Crippen LogP contribution is 1.98. The van der Waals surface area contributed by atoms with E-state index in [1.807, 2.05) is 0 Å².